The van der Waals surface area contributed by atoms with Gasteiger partial charge >= 0.3 is 0 Å². The van der Waals surface area contributed by atoms with Gasteiger partial charge in [-0.2, -0.15) is 10.4 Å². The lowest BCUT2D eigenvalue weighted by atomic mass is 10.3. The van der Waals surface area contributed by atoms with E-state index in [0.29, 0.717) is 17.9 Å². The van der Waals surface area contributed by atoms with Gasteiger partial charge in [0.1, 0.15) is 6.07 Å². The number of nitrogens with zero attached hydrogens (tertiary/aromatic N) is 4. The van der Waals surface area contributed by atoms with Crippen LogP contribution in [0.5, 0.6) is 0 Å². The molecule has 0 fully saturated rings. The van der Waals surface area contributed by atoms with E-state index in [0.717, 1.165) is 0 Å². The van der Waals surface area contributed by atoms with Crippen molar-refractivity contribution in [2.24, 2.45) is 0 Å². The van der Waals surface area contributed by atoms with E-state index in [-0.39, 0.29) is 0 Å². The molecule has 0 bridgehead atoms. The van der Waals surface area contributed by atoms with Gasteiger partial charge in [0.15, 0.2) is 5.82 Å². The lowest BCUT2D eigenvalue weighted by molar-refractivity contribution is 0.930. The van der Waals surface area contributed by atoms with Crippen molar-refractivity contribution < 1.29 is 0 Å². The second-order valence-corrected chi connectivity index (χ2v) is 2.44. The molecule has 4 nitrogen and oxygen atoms in total. The molecule has 1 aromatic rings. The molecule has 0 aliphatic heterocycles. The molecule has 0 aliphatic rings. The van der Waals surface area contributed by atoms with Crippen LogP contribution < -0.4 is 4.90 Å². The molecule has 0 aromatic carbocycles. The van der Waals surface area contributed by atoms with Crippen LogP contribution in [0.4, 0.5) is 5.82 Å². The smallest absolute Gasteiger partial charge is 0.169 e. The van der Waals surface area contributed by atoms with Crippen molar-refractivity contribution in [2.45, 2.75) is 0 Å². The van der Waals surface area contributed by atoms with Crippen LogP contribution in [0, 0.1) is 23.7 Å². The molecule has 4 heteroatoms. The zero-order valence-corrected chi connectivity index (χ0v) is 7.23. The fraction of sp³-hybridized carbons (Fsp3) is 0.222. The van der Waals surface area contributed by atoms with Crippen LogP contribution in [0.3, 0.4) is 0 Å². The number of aromatic nitrogens is 2. The third kappa shape index (κ3) is 1.94. The molecule has 0 atom stereocenters. The van der Waals surface area contributed by atoms with E-state index in [4.69, 9.17) is 11.7 Å². The van der Waals surface area contributed by atoms with Gasteiger partial charge in [0, 0.05) is 7.05 Å². The summed E-state index contributed by atoms with van der Waals surface area (Å²) in [7, 11) is 1.77. The Bertz CT molecular complexity index is 372. The summed E-state index contributed by atoms with van der Waals surface area (Å²) in [4.78, 5) is 1.70. The Hall–Kier alpha value is -2.07. The number of rotatable bonds is 2. The van der Waals surface area contributed by atoms with E-state index in [2.05, 4.69) is 16.1 Å². The molecule has 64 valence electrons. The zero-order valence-electron chi connectivity index (χ0n) is 7.23. The number of terminal acetylenes is 1. The van der Waals surface area contributed by atoms with Crippen molar-refractivity contribution in [1.29, 1.82) is 5.26 Å². The Balaban J connectivity index is 3.02. The minimum Gasteiger partial charge on any atom is -0.346 e. The minimum absolute atomic E-state index is 0.410. The highest BCUT2D eigenvalue weighted by atomic mass is 15.2. The Labute approximate surface area is 76.8 Å². The van der Waals surface area contributed by atoms with Crippen LogP contribution in [-0.2, 0) is 0 Å². The second kappa shape index (κ2) is 4.08. The Morgan fingerprint density at radius 3 is 3.08 bits per heavy atom. The Kier molecular flexibility index (Phi) is 2.83. The summed E-state index contributed by atoms with van der Waals surface area (Å²) in [6, 6.07) is 3.63. The molecule has 1 rings (SSSR count). The van der Waals surface area contributed by atoms with Crippen LogP contribution in [0.15, 0.2) is 12.3 Å². The summed E-state index contributed by atoms with van der Waals surface area (Å²) in [6.07, 6.45) is 6.61. The summed E-state index contributed by atoms with van der Waals surface area (Å²) in [6.45, 7) is 0.410. The van der Waals surface area contributed by atoms with Gasteiger partial charge in [-0.3, -0.25) is 0 Å². The SMILES string of the molecule is C#CCN(C)c1nnccc1C#N. The second-order valence-electron chi connectivity index (χ2n) is 2.44. The molecular weight excluding hydrogens is 164 g/mol. The normalized spacial score (nSPS) is 8.54. The first-order valence-corrected chi connectivity index (χ1v) is 3.66. The topological polar surface area (TPSA) is 52.8 Å². The summed E-state index contributed by atoms with van der Waals surface area (Å²) in [5.74, 6) is 2.98. The zero-order chi connectivity index (χ0) is 9.68. The van der Waals surface area contributed by atoms with Crippen molar-refractivity contribution in [3.63, 3.8) is 0 Å². The summed E-state index contributed by atoms with van der Waals surface area (Å²) in [5, 5.41) is 16.3. The molecule has 0 amide bonds. The highest BCUT2D eigenvalue weighted by molar-refractivity contribution is 5.52. The molecule has 0 saturated carbocycles. The van der Waals surface area contributed by atoms with Crippen LogP contribution in [0.2, 0.25) is 0 Å². The highest BCUT2D eigenvalue weighted by Gasteiger charge is 2.06. The van der Waals surface area contributed by atoms with E-state index in [1.807, 2.05) is 6.07 Å². The van der Waals surface area contributed by atoms with Crippen LogP contribution in [0.25, 0.3) is 0 Å². The molecule has 0 N–H and O–H groups in total. The summed E-state index contributed by atoms with van der Waals surface area (Å²) < 4.78 is 0. The van der Waals surface area contributed by atoms with E-state index in [9.17, 15) is 0 Å². The molecule has 1 aromatic heterocycles. The molecule has 0 radical (unpaired) electrons. The summed E-state index contributed by atoms with van der Waals surface area (Å²) >= 11 is 0. The average Bonchev–Trinajstić information content (AvgIpc) is 2.18. The van der Waals surface area contributed by atoms with Gasteiger partial charge < -0.3 is 4.90 Å². The van der Waals surface area contributed by atoms with Crippen molar-refractivity contribution in [1.82, 2.24) is 10.2 Å². The predicted molar refractivity (Wildman–Crippen MR) is 48.9 cm³/mol. The largest absolute Gasteiger partial charge is 0.346 e. The quantitative estimate of drug-likeness (QED) is 0.606. The van der Waals surface area contributed by atoms with Gasteiger partial charge in [0.2, 0.25) is 0 Å². The lowest BCUT2D eigenvalue weighted by Crippen LogP contribution is -2.19. The van der Waals surface area contributed by atoms with Crippen LogP contribution in [-0.4, -0.2) is 23.8 Å². The highest BCUT2D eigenvalue weighted by Crippen LogP contribution is 2.12. The maximum Gasteiger partial charge on any atom is 0.169 e. The van der Waals surface area contributed by atoms with Gasteiger partial charge in [-0.15, -0.1) is 11.5 Å². The molecule has 0 spiro atoms. The third-order valence-electron chi connectivity index (χ3n) is 1.51. The molecular formula is C9H8N4. The molecule has 0 saturated heterocycles. The Morgan fingerprint density at radius 1 is 1.69 bits per heavy atom. The molecule has 1 heterocycles. The van der Waals surface area contributed by atoms with E-state index in [1.165, 1.54) is 6.20 Å². The van der Waals surface area contributed by atoms with Crippen LogP contribution >= 0.6 is 0 Å². The first-order chi connectivity index (χ1) is 6.29. The van der Waals surface area contributed by atoms with Gasteiger partial charge in [-0.05, 0) is 6.07 Å². The van der Waals surface area contributed by atoms with Gasteiger partial charge in [0.25, 0.3) is 0 Å². The lowest BCUT2D eigenvalue weighted by Gasteiger charge is -2.14. The molecule has 0 unspecified atom stereocenters. The van der Waals surface area contributed by atoms with Crippen molar-refractivity contribution in [3.05, 3.63) is 17.8 Å². The van der Waals surface area contributed by atoms with Crippen molar-refractivity contribution >= 4 is 5.82 Å². The van der Waals surface area contributed by atoms with E-state index < -0.39 is 0 Å². The average molecular weight is 172 g/mol. The van der Waals surface area contributed by atoms with Crippen molar-refractivity contribution in [2.75, 3.05) is 18.5 Å². The van der Waals surface area contributed by atoms with Gasteiger partial charge in [0.05, 0.1) is 18.3 Å². The number of hydrogen-bond acceptors (Lipinski definition) is 4. The number of anilines is 1. The monoisotopic (exact) mass is 172 g/mol. The first kappa shape index (κ1) is 9.02. The third-order valence-corrected chi connectivity index (χ3v) is 1.51. The first-order valence-electron chi connectivity index (χ1n) is 3.66. The predicted octanol–water partition coefficient (Wildman–Crippen LogP) is 0.418. The fourth-order valence-electron chi connectivity index (χ4n) is 0.905. The van der Waals surface area contributed by atoms with Crippen LogP contribution in [0.1, 0.15) is 5.56 Å². The minimum atomic E-state index is 0.410. The Morgan fingerprint density at radius 2 is 2.46 bits per heavy atom. The molecule has 13 heavy (non-hydrogen) atoms. The van der Waals surface area contributed by atoms with Gasteiger partial charge in [-0.25, -0.2) is 0 Å². The maximum absolute atomic E-state index is 8.74. The number of hydrogen-bond donors (Lipinski definition) is 0. The van der Waals surface area contributed by atoms with Crippen molar-refractivity contribution in [3.8, 4) is 18.4 Å². The molecule has 0 aliphatic carbocycles. The van der Waals surface area contributed by atoms with Gasteiger partial charge in [-0.1, -0.05) is 5.92 Å². The van der Waals surface area contributed by atoms with E-state index >= 15 is 0 Å². The van der Waals surface area contributed by atoms with E-state index in [1.54, 1.807) is 18.0 Å². The fourth-order valence-corrected chi connectivity index (χ4v) is 0.905. The maximum atomic E-state index is 8.74. The summed E-state index contributed by atoms with van der Waals surface area (Å²) in [5.41, 5.74) is 0.479. The number of nitriles is 1. The standard InChI is InChI=1S/C9H8N4/c1-3-6-13(2)9-8(7-10)4-5-11-12-9/h1,4-5H,6H2,2H3.